The number of carbonyl (C=O) groups is 2. The lowest BCUT2D eigenvalue weighted by atomic mass is 9.44. The molecule has 9 unspecified atom stereocenters. The van der Waals surface area contributed by atoms with Gasteiger partial charge in [-0.05, 0) is 131 Å². The van der Waals surface area contributed by atoms with Crippen LogP contribution in [0.25, 0.3) is 0 Å². The molecule has 4 saturated carbocycles. The summed E-state index contributed by atoms with van der Waals surface area (Å²) in [7, 11) is 0. The second-order valence-electron chi connectivity index (χ2n) is 14.4. The molecule has 0 aromatic carbocycles. The van der Waals surface area contributed by atoms with E-state index in [-0.39, 0.29) is 36.7 Å². The van der Waals surface area contributed by atoms with Gasteiger partial charge in [-0.15, -0.1) is 0 Å². The Balaban J connectivity index is 1.38. The van der Waals surface area contributed by atoms with Crippen molar-refractivity contribution >= 4 is 11.9 Å². The van der Waals surface area contributed by atoms with Crippen LogP contribution in [0.1, 0.15) is 119 Å². The summed E-state index contributed by atoms with van der Waals surface area (Å²) in [5.41, 5.74) is 0.382. The summed E-state index contributed by atoms with van der Waals surface area (Å²) in [5, 5.41) is 8.90. The molecule has 5 nitrogen and oxygen atoms in total. The van der Waals surface area contributed by atoms with Crippen molar-refractivity contribution in [2.75, 3.05) is 13.2 Å². The molecule has 9 atom stereocenters. The Hall–Kier alpha value is -1.10. The van der Waals surface area contributed by atoms with E-state index >= 15 is 0 Å². The largest absolute Gasteiger partial charge is 0.463 e. The Kier molecular flexibility index (Phi) is 8.73. The second-order valence-corrected chi connectivity index (χ2v) is 14.4. The van der Waals surface area contributed by atoms with Gasteiger partial charge in [0.2, 0.25) is 0 Å². The summed E-state index contributed by atoms with van der Waals surface area (Å²) in [4.78, 5) is 24.8. The van der Waals surface area contributed by atoms with Crippen molar-refractivity contribution < 1.29 is 24.2 Å². The van der Waals surface area contributed by atoms with Gasteiger partial charge in [0.25, 0.3) is 0 Å². The second kappa shape index (κ2) is 11.2. The van der Waals surface area contributed by atoms with Crippen molar-refractivity contribution in [3.63, 3.8) is 0 Å². The number of hydrogen-bond donors (Lipinski definition) is 1. The third-order valence-corrected chi connectivity index (χ3v) is 12.2. The third kappa shape index (κ3) is 5.50. The van der Waals surface area contributed by atoms with Crippen molar-refractivity contribution in [2.24, 2.45) is 51.8 Å². The summed E-state index contributed by atoms with van der Waals surface area (Å²) in [6.07, 6.45) is 13.4. The first-order chi connectivity index (χ1) is 17.5. The number of esters is 2. The zero-order valence-electron chi connectivity index (χ0n) is 24.5. The van der Waals surface area contributed by atoms with E-state index < -0.39 is 0 Å². The molecule has 4 aliphatic rings. The SMILES string of the molecule is CCC(C)(C)C(=O)OC1CCC2(C)C(CCC3C2CCC2(C)C(C(C)CCC(=O)OCCO)CCC32)C1. The lowest BCUT2D eigenvalue weighted by Crippen LogP contribution is -2.54. The molecule has 0 spiro atoms. The van der Waals surface area contributed by atoms with Crippen LogP contribution in [0.3, 0.4) is 0 Å². The Bertz CT molecular complexity index is 822. The fraction of sp³-hybridized carbons (Fsp3) is 0.938. The zero-order valence-corrected chi connectivity index (χ0v) is 24.5. The van der Waals surface area contributed by atoms with Gasteiger partial charge < -0.3 is 14.6 Å². The van der Waals surface area contributed by atoms with Crippen molar-refractivity contribution in [1.29, 1.82) is 0 Å². The Morgan fingerprint density at radius 2 is 1.70 bits per heavy atom. The zero-order chi connectivity index (χ0) is 27.0. The Morgan fingerprint density at radius 1 is 1.00 bits per heavy atom. The van der Waals surface area contributed by atoms with Gasteiger partial charge in [0.1, 0.15) is 12.7 Å². The molecule has 4 rings (SSSR count). The predicted octanol–water partition coefficient (Wildman–Crippen LogP) is 6.95. The molecule has 0 aromatic rings. The monoisotopic (exact) mass is 518 g/mol. The maximum Gasteiger partial charge on any atom is 0.311 e. The van der Waals surface area contributed by atoms with E-state index in [1.807, 2.05) is 13.8 Å². The topological polar surface area (TPSA) is 72.8 Å². The van der Waals surface area contributed by atoms with Crippen LogP contribution in [-0.4, -0.2) is 36.4 Å². The number of fused-ring (bicyclic) bond motifs is 5. The minimum absolute atomic E-state index is 0.0153. The highest BCUT2D eigenvalue weighted by atomic mass is 16.5. The predicted molar refractivity (Wildman–Crippen MR) is 146 cm³/mol. The summed E-state index contributed by atoms with van der Waals surface area (Å²) in [6, 6.07) is 0. The molecule has 0 aliphatic heterocycles. The number of carbonyl (C=O) groups excluding carboxylic acids is 2. The highest BCUT2D eigenvalue weighted by Crippen LogP contribution is 2.68. The molecule has 0 saturated heterocycles. The maximum absolute atomic E-state index is 12.8. The normalized spacial score (nSPS) is 40.2. The van der Waals surface area contributed by atoms with Crippen LogP contribution in [0.2, 0.25) is 0 Å². The molecule has 212 valence electrons. The van der Waals surface area contributed by atoms with E-state index in [0.29, 0.717) is 35.0 Å². The van der Waals surface area contributed by atoms with Gasteiger partial charge >= 0.3 is 11.9 Å². The highest BCUT2D eigenvalue weighted by Gasteiger charge is 2.60. The first kappa shape index (κ1) is 28.9. The van der Waals surface area contributed by atoms with Crippen LogP contribution in [0, 0.1) is 51.8 Å². The first-order valence-electron chi connectivity index (χ1n) is 15.4. The van der Waals surface area contributed by atoms with Gasteiger partial charge in [0.05, 0.1) is 12.0 Å². The van der Waals surface area contributed by atoms with Crippen molar-refractivity contribution in [2.45, 2.75) is 125 Å². The van der Waals surface area contributed by atoms with E-state index in [1.54, 1.807) is 0 Å². The van der Waals surface area contributed by atoms with Crippen LogP contribution >= 0.6 is 0 Å². The fourth-order valence-electron chi connectivity index (χ4n) is 9.53. The number of rotatable bonds is 9. The smallest absolute Gasteiger partial charge is 0.311 e. The average Bonchev–Trinajstić information content (AvgIpc) is 3.23. The molecule has 4 aliphatic carbocycles. The van der Waals surface area contributed by atoms with Gasteiger partial charge in [-0.1, -0.05) is 27.7 Å². The van der Waals surface area contributed by atoms with Crippen molar-refractivity contribution in [3.8, 4) is 0 Å². The number of aliphatic hydroxyl groups excluding tert-OH is 1. The molecule has 37 heavy (non-hydrogen) atoms. The fourth-order valence-corrected chi connectivity index (χ4v) is 9.53. The summed E-state index contributed by atoms with van der Waals surface area (Å²) in [6.45, 7) is 13.6. The van der Waals surface area contributed by atoms with Crippen LogP contribution < -0.4 is 0 Å². The molecule has 5 heteroatoms. The van der Waals surface area contributed by atoms with Gasteiger partial charge in [-0.2, -0.15) is 0 Å². The molecule has 0 aromatic heterocycles. The van der Waals surface area contributed by atoms with Gasteiger partial charge in [0.15, 0.2) is 0 Å². The third-order valence-electron chi connectivity index (χ3n) is 12.2. The van der Waals surface area contributed by atoms with Crippen LogP contribution in [0.15, 0.2) is 0 Å². The first-order valence-corrected chi connectivity index (χ1v) is 15.4. The van der Waals surface area contributed by atoms with E-state index in [0.717, 1.165) is 43.4 Å². The minimum Gasteiger partial charge on any atom is -0.463 e. The lowest BCUT2D eigenvalue weighted by Gasteiger charge is -2.61. The summed E-state index contributed by atoms with van der Waals surface area (Å²) in [5.74, 6) is 4.13. The van der Waals surface area contributed by atoms with E-state index in [1.165, 1.54) is 44.9 Å². The van der Waals surface area contributed by atoms with Gasteiger partial charge in [0, 0.05) is 6.42 Å². The molecule has 0 radical (unpaired) electrons. The quantitative estimate of drug-likeness (QED) is 0.335. The van der Waals surface area contributed by atoms with Crippen LogP contribution in [0.5, 0.6) is 0 Å². The molecule has 0 bridgehead atoms. The number of hydrogen-bond acceptors (Lipinski definition) is 5. The Morgan fingerprint density at radius 3 is 2.41 bits per heavy atom. The highest BCUT2D eigenvalue weighted by molar-refractivity contribution is 5.76. The van der Waals surface area contributed by atoms with E-state index in [4.69, 9.17) is 14.6 Å². The van der Waals surface area contributed by atoms with Crippen molar-refractivity contribution in [3.05, 3.63) is 0 Å². The van der Waals surface area contributed by atoms with Crippen LogP contribution in [-0.2, 0) is 19.1 Å². The molecule has 4 fully saturated rings. The number of aliphatic hydroxyl groups is 1. The standard InChI is InChI=1S/C32H54O5/c1-7-30(3,4)29(35)37-23-14-16-31(5)22(20-23)9-10-24-26-12-11-25(32(26,6)17-15-27(24)31)21(2)8-13-28(34)36-19-18-33/h21-27,33H,7-20H2,1-6H3. The van der Waals surface area contributed by atoms with Gasteiger partial charge in [-0.25, -0.2) is 0 Å². The molecule has 0 amide bonds. The molecular formula is C32H54O5. The average molecular weight is 519 g/mol. The Labute approximate surface area is 225 Å². The number of ether oxygens (including phenoxy) is 2. The maximum atomic E-state index is 12.8. The molecular weight excluding hydrogens is 464 g/mol. The summed E-state index contributed by atoms with van der Waals surface area (Å²) >= 11 is 0. The molecule has 0 heterocycles. The molecule has 1 N–H and O–H groups in total. The minimum atomic E-state index is -0.387. The van der Waals surface area contributed by atoms with E-state index in [9.17, 15) is 9.59 Å². The van der Waals surface area contributed by atoms with E-state index in [2.05, 4.69) is 27.7 Å². The summed E-state index contributed by atoms with van der Waals surface area (Å²) < 4.78 is 11.2. The van der Waals surface area contributed by atoms with Gasteiger partial charge in [-0.3, -0.25) is 9.59 Å². The lowest BCUT2D eigenvalue weighted by molar-refractivity contribution is -0.171. The van der Waals surface area contributed by atoms with Crippen molar-refractivity contribution in [1.82, 2.24) is 0 Å². The van der Waals surface area contributed by atoms with Crippen LogP contribution in [0.4, 0.5) is 0 Å².